The lowest BCUT2D eigenvalue weighted by atomic mass is 10.2. The largest absolute Gasteiger partial charge is 0.350 e. The Hall–Kier alpha value is -0.410. The van der Waals surface area contributed by atoms with Gasteiger partial charge in [0.2, 0.25) is 0 Å². The number of hydrogen-bond acceptors (Lipinski definition) is 1. The van der Waals surface area contributed by atoms with E-state index < -0.39 is 0 Å². The summed E-state index contributed by atoms with van der Waals surface area (Å²) in [5.41, 5.74) is 4.89. The summed E-state index contributed by atoms with van der Waals surface area (Å²) in [6, 6.07) is 6.11. The van der Waals surface area contributed by atoms with Crippen molar-refractivity contribution in [2.75, 3.05) is 0 Å². The lowest BCUT2D eigenvalue weighted by molar-refractivity contribution is -0.421. The van der Waals surface area contributed by atoms with Crippen molar-refractivity contribution in [3.63, 3.8) is 0 Å². The zero-order valence-electron chi connectivity index (χ0n) is 5.84. The van der Waals surface area contributed by atoms with Gasteiger partial charge >= 0.3 is 0 Å². The van der Waals surface area contributed by atoms with Crippen molar-refractivity contribution >= 4 is 15.9 Å². The van der Waals surface area contributed by atoms with Crippen LogP contribution in [0, 0.1) is 0 Å². The van der Waals surface area contributed by atoms with Gasteiger partial charge in [0.25, 0.3) is 0 Å². The van der Waals surface area contributed by atoms with Gasteiger partial charge in [-0.2, -0.15) is 0 Å². The Kier molecular flexibility index (Phi) is 2.40. The highest BCUT2D eigenvalue weighted by atomic mass is 79.9. The van der Waals surface area contributed by atoms with E-state index in [4.69, 9.17) is 0 Å². The van der Waals surface area contributed by atoms with Crippen LogP contribution in [-0.2, 0) is 0 Å². The average molecular weight is 202 g/mol. The zero-order chi connectivity index (χ0) is 7.56. The summed E-state index contributed by atoms with van der Waals surface area (Å²) in [6.45, 7) is 2.02. The molecule has 3 N–H and O–H groups in total. The van der Waals surface area contributed by atoms with Gasteiger partial charge in [-0.05, 0) is 35.0 Å². The lowest BCUT2D eigenvalue weighted by Crippen LogP contribution is -2.52. The zero-order valence-corrected chi connectivity index (χ0v) is 7.43. The highest BCUT2D eigenvalue weighted by Gasteiger charge is 2.02. The molecule has 1 atom stereocenters. The molecule has 0 aliphatic heterocycles. The van der Waals surface area contributed by atoms with E-state index in [-0.39, 0.29) is 6.04 Å². The third kappa shape index (κ3) is 1.78. The van der Waals surface area contributed by atoms with Gasteiger partial charge in [-0.25, -0.2) is 4.98 Å². The van der Waals surface area contributed by atoms with Crippen molar-refractivity contribution in [3.05, 3.63) is 28.5 Å². The maximum atomic E-state index is 4.23. The maximum absolute atomic E-state index is 4.23. The highest BCUT2D eigenvalue weighted by Crippen LogP contribution is 2.09. The summed E-state index contributed by atoms with van der Waals surface area (Å²) < 4.78 is 0.875. The van der Waals surface area contributed by atoms with E-state index in [1.54, 1.807) is 0 Å². The number of halogens is 1. The fourth-order valence-corrected chi connectivity index (χ4v) is 1.06. The molecule has 0 fully saturated rings. The van der Waals surface area contributed by atoms with Gasteiger partial charge in [-0.15, -0.1) is 0 Å². The normalized spacial score (nSPS) is 13.1. The molecule has 0 spiro atoms. The van der Waals surface area contributed by atoms with Crippen molar-refractivity contribution in [2.45, 2.75) is 13.0 Å². The van der Waals surface area contributed by atoms with Crippen LogP contribution in [0.15, 0.2) is 22.8 Å². The van der Waals surface area contributed by atoms with Crippen LogP contribution in [0.4, 0.5) is 0 Å². The Labute approximate surface area is 68.6 Å². The number of pyridine rings is 1. The minimum absolute atomic E-state index is 0.262. The van der Waals surface area contributed by atoms with E-state index in [0.29, 0.717) is 0 Å². The van der Waals surface area contributed by atoms with E-state index in [1.165, 1.54) is 0 Å². The van der Waals surface area contributed by atoms with Crippen LogP contribution < -0.4 is 5.73 Å². The fraction of sp³-hybridized carbons (Fsp3) is 0.286. The Morgan fingerprint density at radius 3 is 2.70 bits per heavy atom. The molecule has 3 heteroatoms. The first-order valence-corrected chi connectivity index (χ1v) is 3.95. The monoisotopic (exact) mass is 201 g/mol. The van der Waals surface area contributed by atoms with Gasteiger partial charge in [0.15, 0.2) is 0 Å². The molecule has 10 heavy (non-hydrogen) atoms. The molecule has 1 aromatic heterocycles. The summed E-state index contributed by atoms with van der Waals surface area (Å²) >= 11 is 3.29. The topological polar surface area (TPSA) is 40.5 Å². The smallest absolute Gasteiger partial charge is 0.124 e. The number of quaternary nitrogens is 1. The Balaban J connectivity index is 2.96. The molecule has 0 bridgehead atoms. The summed E-state index contributed by atoms with van der Waals surface area (Å²) in [5, 5.41) is 0. The Bertz CT molecular complexity index is 223. The molecule has 1 aromatic rings. The van der Waals surface area contributed by atoms with Crippen LogP contribution in [0.5, 0.6) is 0 Å². The molecule has 0 amide bonds. The molecule has 0 saturated heterocycles. The molecule has 0 aliphatic carbocycles. The first-order valence-electron chi connectivity index (χ1n) is 3.15. The van der Waals surface area contributed by atoms with Crippen molar-refractivity contribution in [2.24, 2.45) is 0 Å². The third-order valence-electron chi connectivity index (χ3n) is 1.24. The van der Waals surface area contributed by atoms with Crippen LogP contribution >= 0.6 is 15.9 Å². The van der Waals surface area contributed by atoms with Crippen LogP contribution in [0.25, 0.3) is 0 Å². The van der Waals surface area contributed by atoms with Gasteiger partial charge in [-0.1, -0.05) is 6.07 Å². The first kappa shape index (κ1) is 7.69. The van der Waals surface area contributed by atoms with Crippen LogP contribution in [0.1, 0.15) is 18.7 Å². The first-order chi connectivity index (χ1) is 4.70. The highest BCUT2D eigenvalue weighted by molar-refractivity contribution is 9.10. The van der Waals surface area contributed by atoms with Crippen molar-refractivity contribution in [1.29, 1.82) is 0 Å². The number of nitrogens with zero attached hydrogens (tertiary/aromatic N) is 1. The van der Waals surface area contributed by atoms with Crippen molar-refractivity contribution in [1.82, 2.24) is 4.98 Å². The third-order valence-corrected chi connectivity index (χ3v) is 1.68. The molecule has 54 valence electrons. The quantitative estimate of drug-likeness (QED) is 0.681. The fourth-order valence-electron chi connectivity index (χ4n) is 0.698. The predicted octanol–water partition coefficient (Wildman–Crippen LogP) is 1.15. The molecule has 0 aliphatic rings. The molecule has 2 nitrogen and oxygen atoms in total. The minimum atomic E-state index is 0.262. The number of hydrogen-bond donors (Lipinski definition) is 1. The minimum Gasteiger partial charge on any atom is -0.350 e. The molecular weight excluding hydrogens is 192 g/mol. The van der Waals surface area contributed by atoms with Crippen molar-refractivity contribution < 1.29 is 5.73 Å². The van der Waals surface area contributed by atoms with Gasteiger partial charge in [0, 0.05) is 0 Å². The SMILES string of the molecule is C[C@@H]([NH3+])c1cccc(Br)n1. The Morgan fingerprint density at radius 2 is 2.30 bits per heavy atom. The van der Waals surface area contributed by atoms with E-state index >= 15 is 0 Å². The predicted molar refractivity (Wildman–Crippen MR) is 43.2 cm³/mol. The lowest BCUT2D eigenvalue weighted by Gasteiger charge is -1.99. The summed E-state index contributed by atoms with van der Waals surface area (Å²) in [5.74, 6) is 0. The number of aromatic nitrogens is 1. The second-order valence-electron chi connectivity index (χ2n) is 2.29. The number of rotatable bonds is 1. The van der Waals surface area contributed by atoms with E-state index in [0.717, 1.165) is 10.3 Å². The molecule has 1 rings (SSSR count). The maximum Gasteiger partial charge on any atom is 0.124 e. The standard InChI is InChI=1S/C7H9BrN2/c1-5(9)6-3-2-4-7(8)10-6/h2-5H,9H2,1H3/p+1/t5-/m1/s1. The second kappa shape index (κ2) is 3.12. The molecule has 0 unspecified atom stereocenters. The second-order valence-corrected chi connectivity index (χ2v) is 3.10. The van der Waals surface area contributed by atoms with Gasteiger partial charge in [0.05, 0.1) is 5.69 Å². The van der Waals surface area contributed by atoms with Crippen molar-refractivity contribution in [3.8, 4) is 0 Å². The van der Waals surface area contributed by atoms with Crippen LogP contribution in [-0.4, -0.2) is 4.98 Å². The summed E-state index contributed by atoms with van der Waals surface area (Å²) in [4.78, 5) is 4.23. The van der Waals surface area contributed by atoms with E-state index in [2.05, 4.69) is 26.6 Å². The Morgan fingerprint density at radius 1 is 1.60 bits per heavy atom. The molecule has 0 aromatic carbocycles. The molecule has 1 heterocycles. The van der Waals surface area contributed by atoms with Crippen LogP contribution in [0.3, 0.4) is 0 Å². The van der Waals surface area contributed by atoms with E-state index in [1.807, 2.05) is 25.1 Å². The van der Waals surface area contributed by atoms with Gasteiger partial charge in [0.1, 0.15) is 10.6 Å². The molecule has 0 radical (unpaired) electrons. The van der Waals surface area contributed by atoms with Crippen LogP contribution in [0.2, 0.25) is 0 Å². The molecular formula is C7H10BrN2+. The van der Waals surface area contributed by atoms with Gasteiger partial charge < -0.3 is 5.73 Å². The van der Waals surface area contributed by atoms with E-state index in [9.17, 15) is 0 Å². The van der Waals surface area contributed by atoms with Gasteiger partial charge in [-0.3, -0.25) is 0 Å². The summed E-state index contributed by atoms with van der Waals surface area (Å²) in [6.07, 6.45) is 0. The average Bonchev–Trinajstić information content (AvgIpc) is 1.88. The summed E-state index contributed by atoms with van der Waals surface area (Å²) in [7, 11) is 0. The molecule has 0 saturated carbocycles.